The van der Waals surface area contributed by atoms with E-state index in [0.717, 1.165) is 11.8 Å². The largest absolute Gasteiger partial charge is 0.381 e. The molecule has 1 aliphatic carbocycles. The van der Waals surface area contributed by atoms with Crippen LogP contribution in [-0.2, 0) is 4.74 Å². The molecule has 0 radical (unpaired) electrons. The predicted molar refractivity (Wildman–Crippen MR) is 53.7 cm³/mol. The first-order valence-corrected chi connectivity index (χ1v) is 5.65. The number of ether oxygens (including phenoxy) is 1. The van der Waals surface area contributed by atoms with Crippen LogP contribution in [0, 0.1) is 11.8 Å². The van der Waals surface area contributed by atoms with Crippen molar-refractivity contribution in [3.8, 4) is 0 Å². The maximum Gasteiger partial charge on any atom is 0.0628 e. The Morgan fingerprint density at radius 3 is 2.15 bits per heavy atom. The van der Waals surface area contributed by atoms with E-state index in [2.05, 4.69) is 5.32 Å². The summed E-state index contributed by atoms with van der Waals surface area (Å²) >= 11 is 0. The molecule has 1 heterocycles. The van der Waals surface area contributed by atoms with Crippen LogP contribution < -0.4 is 5.32 Å². The second kappa shape index (κ2) is 4.43. The fourth-order valence-electron chi connectivity index (χ4n) is 2.71. The van der Waals surface area contributed by atoms with Crippen LogP contribution in [0.15, 0.2) is 0 Å². The summed E-state index contributed by atoms with van der Waals surface area (Å²) < 4.78 is 5.67. The SMILES string of the molecule is COC(C1CCC1)C1CCNCC1. The van der Waals surface area contributed by atoms with Crippen LogP contribution in [0.2, 0.25) is 0 Å². The molecule has 2 aliphatic rings. The monoisotopic (exact) mass is 183 g/mol. The topological polar surface area (TPSA) is 21.3 Å². The Hall–Kier alpha value is -0.0800. The second-order valence-electron chi connectivity index (χ2n) is 4.48. The van der Waals surface area contributed by atoms with Crippen molar-refractivity contribution < 1.29 is 4.74 Å². The summed E-state index contributed by atoms with van der Waals surface area (Å²) in [4.78, 5) is 0. The van der Waals surface area contributed by atoms with Gasteiger partial charge in [0.1, 0.15) is 0 Å². The molecule has 2 nitrogen and oxygen atoms in total. The summed E-state index contributed by atoms with van der Waals surface area (Å²) in [6.45, 7) is 2.38. The molecule has 13 heavy (non-hydrogen) atoms. The van der Waals surface area contributed by atoms with Crippen molar-refractivity contribution in [2.24, 2.45) is 11.8 Å². The number of hydrogen-bond donors (Lipinski definition) is 1. The lowest BCUT2D eigenvalue weighted by atomic mass is 9.74. The van der Waals surface area contributed by atoms with Crippen molar-refractivity contribution >= 4 is 0 Å². The zero-order valence-corrected chi connectivity index (χ0v) is 8.59. The lowest BCUT2D eigenvalue weighted by Gasteiger charge is -2.39. The van der Waals surface area contributed by atoms with Gasteiger partial charge in [0, 0.05) is 7.11 Å². The first-order chi connectivity index (χ1) is 6.42. The summed E-state index contributed by atoms with van der Waals surface area (Å²) in [5.74, 6) is 1.71. The highest BCUT2D eigenvalue weighted by Crippen LogP contribution is 2.36. The lowest BCUT2D eigenvalue weighted by Crippen LogP contribution is -2.40. The normalized spacial score (nSPS) is 28.4. The number of nitrogens with one attached hydrogen (secondary N) is 1. The van der Waals surface area contributed by atoms with Gasteiger partial charge in [-0.2, -0.15) is 0 Å². The van der Waals surface area contributed by atoms with Crippen LogP contribution in [0.5, 0.6) is 0 Å². The summed E-state index contributed by atoms with van der Waals surface area (Å²) in [6, 6.07) is 0. The highest BCUT2D eigenvalue weighted by atomic mass is 16.5. The third kappa shape index (κ3) is 2.05. The van der Waals surface area contributed by atoms with E-state index >= 15 is 0 Å². The fraction of sp³-hybridized carbons (Fsp3) is 1.00. The van der Waals surface area contributed by atoms with Gasteiger partial charge >= 0.3 is 0 Å². The van der Waals surface area contributed by atoms with Gasteiger partial charge in [-0.3, -0.25) is 0 Å². The van der Waals surface area contributed by atoms with Crippen LogP contribution in [0.3, 0.4) is 0 Å². The second-order valence-corrected chi connectivity index (χ2v) is 4.48. The molecule has 1 aliphatic heterocycles. The molecule has 0 aromatic carbocycles. The maximum atomic E-state index is 5.67. The molecule has 76 valence electrons. The quantitative estimate of drug-likeness (QED) is 0.720. The van der Waals surface area contributed by atoms with Crippen molar-refractivity contribution in [2.45, 2.75) is 38.2 Å². The Bertz CT molecular complexity index is 150. The van der Waals surface area contributed by atoms with Crippen molar-refractivity contribution in [3.05, 3.63) is 0 Å². The molecule has 1 saturated carbocycles. The molecule has 2 rings (SSSR count). The molecule has 1 N–H and O–H groups in total. The van der Waals surface area contributed by atoms with E-state index in [1.807, 2.05) is 7.11 Å². The smallest absolute Gasteiger partial charge is 0.0628 e. The third-order valence-corrected chi connectivity index (χ3v) is 3.74. The van der Waals surface area contributed by atoms with Crippen LogP contribution >= 0.6 is 0 Å². The molecular weight excluding hydrogens is 162 g/mol. The molecule has 0 aromatic rings. The van der Waals surface area contributed by atoms with E-state index in [1.165, 1.54) is 45.2 Å². The Labute approximate surface area is 81.0 Å². The van der Waals surface area contributed by atoms with Gasteiger partial charge < -0.3 is 10.1 Å². The van der Waals surface area contributed by atoms with Gasteiger partial charge in [0.25, 0.3) is 0 Å². The minimum Gasteiger partial charge on any atom is -0.381 e. The van der Waals surface area contributed by atoms with Crippen molar-refractivity contribution in [1.82, 2.24) is 5.32 Å². The van der Waals surface area contributed by atoms with E-state index in [-0.39, 0.29) is 0 Å². The molecule has 0 aromatic heterocycles. The van der Waals surface area contributed by atoms with Crippen LogP contribution in [0.1, 0.15) is 32.1 Å². The summed E-state index contributed by atoms with van der Waals surface area (Å²) in [7, 11) is 1.89. The Morgan fingerprint density at radius 2 is 1.69 bits per heavy atom. The standard InChI is InChI=1S/C11H21NO/c1-13-11(9-3-2-4-9)10-5-7-12-8-6-10/h9-12H,2-8H2,1H3. The van der Waals surface area contributed by atoms with E-state index < -0.39 is 0 Å². The molecule has 0 amide bonds. The molecular formula is C11H21NO. The predicted octanol–water partition coefficient (Wildman–Crippen LogP) is 1.80. The van der Waals surface area contributed by atoms with E-state index in [0.29, 0.717) is 6.10 Å². The summed E-state index contributed by atoms with van der Waals surface area (Å²) in [5, 5.41) is 3.41. The third-order valence-electron chi connectivity index (χ3n) is 3.74. The minimum absolute atomic E-state index is 0.566. The Morgan fingerprint density at radius 1 is 1.08 bits per heavy atom. The van der Waals surface area contributed by atoms with E-state index in [9.17, 15) is 0 Å². The van der Waals surface area contributed by atoms with Gasteiger partial charge in [0.05, 0.1) is 6.10 Å². The first kappa shape index (κ1) is 9.47. The van der Waals surface area contributed by atoms with Gasteiger partial charge in [-0.15, -0.1) is 0 Å². The zero-order valence-electron chi connectivity index (χ0n) is 8.59. The molecule has 1 atom stereocenters. The van der Waals surface area contributed by atoms with E-state index in [1.54, 1.807) is 0 Å². The zero-order chi connectivity index (χ0) is 9.10. The lowest BCUT2D eigenvalue weighted by molar-refractivity contribution is -0.0301. The van der Waals surface area contributed by atoms with Gasteiger partial charge in [-0.05, 0) is 50.6 Å². The van der Waals surface area contributed by atoms with Crippen molar-refractivity contribution in [1.29, 1.82) is 0 Å². The van der Waals surface area contributed by atoms with Crippen LogP contribution in [-0.4, -0.2) is 26.3 Å². The van der Waals surface area contributed by atoms with Gasteiger partial charge in [-0.1, -0.05) is 6.42 Å². The average molecular weight is 183 g/mol. The number of rotatable bonds is 3. The molecule has 1 saturated heterocycles. The highest BCUT2D eigenvalue weighted by Gasteiger charge is 2.33. The minimum atomic E-state index is 0.566. The molecule has 2 fully saturated rings. The summed E-state index contributed by atoms with van der Waals surface area (Å²) in [5.41, 5.74) is 0. The number of methoxy groups -OCH3 is 1. The van der Waals surface area contributed by atoms with E-state index in [4.69, 9.17) is 4.74 Å². The highest BCUT2D eigenvalue weighted by molar-refractivity contribution is 4.85. The maximum absolute atomic E-state index is 5.67. The van der Waals surface area contributed by atoms with Gasteiger partial charge in [0.15, 0.2) is 0 Å². The fourth-order valence-corrected chi connectivity index (χ4v) is 2.71. The molecule has 0 bridgehead atoms. The number of hydrogen-bond acceptors (Lipinski definition) is 2. The van der Waals surface area contributed by atoms with Gasteiger partial charge in [0.2, 0.25) is 0 Å². The molecule has 1 unspecified atom stereocenters. The van der Waals surface area contributed by atoms with Crippen molar-refractivity contribution in [3.63, 3.8) is 0 Å². The Balaban J connectivity index is 1.86. The van der Waals surface area contributed by atoms with Gasteiger partial charge in [-0.25, -0.2) is 0 Å². The number of piperidine rings is 1. The molecule has 2 heteroatoms. The van der Waals surface area contributed by atoms with Crippen LogP contribution in [0.4, 0.5) is 0 Å². The molecule has 0 spiro atoms. The first-order valence-electron chi connectivity index (χ1n) is 5.65. The summed E-state index contributed by atoms with van der Waals surface area (Å²) in [6.07, 6.45) is 7.43. The average Bonchev–Trinajstić information content (AvgIpc) is 2.12. The Kier molecular flexibility index (Phi) is 3.23. The van der Waals surface area contributed by atoms with Crippen LogP contribution in [0.25, 0.3) is 0 Å². The van der Waals surface area contributed by atoms with Crippen molar-refractivity contribution in [2.75, 3.05) is 20.2 Å².